The number of nitrogens with zero attached hydrogens (tertiary/aromatic N) is 8. The standard InChI is InChI=1S/C19H26N8O/c1-12-9-14(25(6)22-12)17(28)24(5)13-10-26(11-13)16-8-7-15-20-21-18(19(2,3)4)27(15)23-16/h7-9,13H,10-11H2,1-6H3. The molecule has 148 valence electrons. The summed E-state index contributed by atoms with van der Waals surface area (Å²) in [4.78, 5) is 16.7. The Bertz CT molecular complexity index is 1040. The summed E-state index contributed by atoms with van der Waals surface area (Å²) in [5, 5.41) is 17.5. The molecule has 3 aromatic heterocycles. The molecule has 28 heavy (non-hydrogen) atoms. The van der Waals surface area contributed by atoms with Crippen molar-refractivity contribution in [3.05, 3.63) is 35.4 Å². The fraction of sp³-hybridized carbons (Fsp3) is 0.526. The highest BCUT2D eigenvalue weighted by Gasteiger charge is 2.35. The molecule has 1 aliphatic heterocycles. The Labute approximate surface area is 163 Å². The Kier molecular flexibility index (Phi) is 4.13. The summed E-state index contributed by atoms with van der Waals surface area (Å²) >= 11 is 0. The second kappa shape index (κ2) is 6.29. The maximum absolute atomic E-state index is 12.8. The lowest BCUT2D eigenvalue weighted by molar-refractivity contribution is 0.0694. The van der Waals surface area contributed by atoms with E-state index in [1.165, 1.54) is 0 Å². The van der Waals surface area contributed by atoms with Gasteiger partial charge in [0, 0.05) is 32.6 Å². The van der Waals surface area contributed by atoms with Gasteiger partial charge in [0.05, 0.1) is 11.7 Å². The van der Waals surface area contributed by atoms with Gasteiger partial charge >= 0.3 is 0 Å². The van der Waals surface area contributed by atoms with Crippen molar-refractivity contribution >= 4 is 17.4 Å². The number of hydrogen-bond acceptors (Lipinski definition) is 6. The summed E-state index contributed by atoms with van der Waals surface area (Å²) < 4.78 is 3.45. The van der Waals surface area contributed by atoms with E-state index < -0.39 is 0 Å². The summed E-state index contributed by atoms with van der Waals surface area (Å²) in [6.07, 6.45) is 0. The molecule has 9 nitrogen and oxygen atoms in total. The van der Waals surface area contributed by atoms with Crippen LogP contribution in [0, 0.1) is 6.92 Å². The first-order valence-electron chi connectivity index (χ1n) is 9.41. The van der Waals surface area contributed by atoms with Crippen LogP contribution in [0.25, 0.3) is 5.65 Å². The third-order valence-electron chi connectivity index (χ3n) is 5.19. The van der Waals surface area contributed by atoms with Crippen LogP contribution in [0.4, 0.5) is 5.82 Å². The molecule has 0 N–H and O–H groups in total. The Morgan fingerprint density at radius 2 is 1.89 bits per heavy atom. The van der Waals surface area contributed by atoms with E-state index in [-0.39, 0.29) is 17.4 Å². The highest BCUT2D eigenvalue weighted by molar-refractivity contribution is 5.93. The van der Waals surface area contributed by atoms with E-state index in [4.69, 9.17) is 5.10 Å². The molecule has 0 saturated carbocycles. The molecule has 0 radical (unpaired) electrons. The minimum Gasteiger partial charge on any atom is -0.351 e. The molecule has 3 aromatic rings. The SMILES string of the molecule is Cc1cc(C(=O)N(C)C2CN(c3ccc4nnc(C(C)(C)C)n4n3)C2)n(C)n1. The first-order chi connectivity index (χ1) is 13.1. The number of amides is 1. The van der Waals surface area contributed by atoms with Crippen molar-refractivity contribution in [2.24, 2.45) is 7.05 Å². The summed E-state index contributed by atoms with van der Waals surface area (Å²) in [5.74, 6) is 1.69. The van der Waals surface area contributed by atoms with Gasteiger partial charge in [0.25, 0.3) is 5.91 Å². The van der Waals surface area contributed by atoms with Crippen molar-refractivity contribution in [2.45, 2.75) is 39.2 Å². The number of rotatable bonds is 3. The summed E-state index contributed by atoms with van der Waals surface area (Å²) in [6, 6.07) is 5.86. The largest absolute Gasteiger partial charge is 0.351 e. The number of fused-ring (bicyclic) bond motifs is 1. The average molecular weight is 382 g/mol. The van der Waals surface area contributed by atoms with Crippen molar-refractivity contribution in [3.63, 3.8) is 0 Å². The molecule has 4 rings (SSSR count). The molecule has 1 amide bonds. The average Bonchev–Trinajstić information content (AvgIpc) is 3.14. The van der Waals surface area contributed by atoms with Gasteiger partial charge in [-0.2, -0.15) is 9.61 Å². The van der Waals surface area contributed by atoms with Crippen LogP contribution in [0.1, 0.15) is 42.8 Å². The van der Waals surface area contributed by atoms with E-state index in [1.807, 2.05) is 36.7 Å². The van der Waals surface area contributed by atoms with Crippen molar-refractivity contribution in [3.8, 4) is 0 Å². The Hall–Kier alpha value is -2.97. The number of carbonyl (C=O) groups is 1. The smallest absolute Gasteiger partial charge is 0.272 e. The van der Waals surface area contributed by atoms with Crippen LogP contribution in [0.2, 0.25) is 0 Å². The monoisotopic (exact) mass is 382 g/mol. The fourth-order valence-electron chi connectivity index (χ4n) is 3.46. The summed E-state index contributed by atoms with van der Waals surface area (Å²) in [7, 11) is 3.65. The van der Waals surface area contributed by atoms with Crippen LogP contribution >= 0.6 is 0 Å². The number of anilines is 1. The third-order valence-corrected chi connectivity index (χ3v) is 5.19. The molecular formula is C19H26N8O. The van der Waals surface area contributed by atoms with Gasteiger partial charge in [0.2, 0.25) is 0 Å². The normalized spacial score (nSPS) is 15.1. The molecule has 0 spiro atoms. The van der Waals surface area contributed by atoms with Crippen LogP contribution in [0.15, 0.2) is 18.2 Å². The second-order valence-electron chi connectivity index (χ2n) is 8.50. The van der Waals surface area contributed by atoms with E-state index in [1.54, 1.807) is 16.6 Å². The van der Waals surface area contributed by atoms with Crippen LogP contribution in [-0.4, -0.2) is 66.6 Å². The highest BCUT2D eigenvalue weighted by Crippen LogP contribution is 2.25. The molecule has 4 heterocycles. The maximum atomic E-state index is 12.8. The van der Waals surface area contributed by atoms with E-state index in [0.29, 0.717) is 5.69 Å². The van der Waals surface area contributed by atoms with Gasteiger partial charge in [0.15, 0.2) is 11.5 Å². The van der Waals surface area contributed by atoms with Gasteiger partial charge in [-0.1, -0.05) is 20.8 Å². The molecule has 0 unspecified atom stereocenters. The summed E-state index contributed by atoms with van der Waals surface area (Å²) in [5.41, 5.74) is 2.05. The topological polar surface area (TPSA) is 84.5 Å². The van der Waals surface area contributed by atoms with Gasteiger partial charge in [-0.3, -0.25) is 9.48 Å². The Morgan fingerprint density at radius 1 is 1.18 bits per heavy atom. The molecule has 1 aliphatic rings. The Balaban J connectivity index is 1.49. The number of likely N-dealkylation sites (N-methyl/N-ethyl adjacent to an activating group) is 1. The predicted molar refractivity (Wildman–Crippen MR) is 106 cm³/mol. The van der Waals surface area contributed by atoms with Crippen LogP contribution < -0.4 is 4.90 Å². The number of hydrogen-bond donors (Lipinski definition) is 0. The molecular weight excluding hydrogens is 356 g/mol. The van der Waals surface area contributed by atoms with Gasteiger partial charge in [0.1, 0.15) is 11.5 Å². The van der Waals surface area contributed by atoms with E-state index in [0.717, 1.165) is 36.1 Å². The zero-order valence-corrected chi connectivity index (χ0v) is 17.2. The van der Waals surface area contributed by atoms with E-state index >= 15 is 0 Å². The molecule has 0 atom stereocenters. The van der Waals surface area contributed by atoms with Crippen LogP contribution in [-0.2, 0) is 12.5 Å². The van der Waals surface area contributed by atoms with Gasteiger partial charge in [-0.15, -0.1) is 15.3 Å². The van der Waals surface area contributed by atoms with Crippen LogP contribution in [0.5, 0.6) is 0 Å². The Morgan fingerprint density at radius 3 is 2.50 bits per heavy atom. The summed E-state index contributed by atoms with van der Waals surface area (Å²) in [6.45, 7) is 9.66. The highest BCUT2D eigenvalue weighted by atomic mass is 16.2. The van der Waals surface area contributed by atoms with Gasteiger partial charge < -0.3 is 9.80 Å². The molecule has 0 bridgehead atoms. The minimum absolute atomic E-state index is 0.00927. The number of aryl methyl sites for hydroxylation is 2. The molecule has 1 fully saturated rings. The lowest BCUT2D eigenvalue weighted by Gasteiger charge is -2.44. The van der Waals surface area contributed by atoms with Crippen molar-refractivity contribution in [2.75, 3.05) is 25.0 Å². The van der Waals surface area contributed by atoms with Crippen molar-refractivity contribution in [1.82, 2.24) is 34.5 Å². The van der Waals surface area contributed by atoms with E-state index in [9.17, 15) is 4.79 Å². The fourth-order valence-corrected chi connectivity index (χ4v) is 3.46. The number of carbonyl (C=O) groups excluding carboxylic acids is 1. The lowest BCUT2D eigenvalue weighted by Crippen LogP contribution is -2.60. The zero-order valence-electron chi connectivity index (χ0n) is 17.2. The molecule has 0 aromatic carbocycles. The van der Waals surface area contributed by atoms with Crippen LogP contribution in [0.3, 0.4) is 0 Å². The maximum Gasteiger partial charge on any atom is 0.272 e. The number of aromatic nitrogens is 6. The molecule has 9 heteroatoms. The van der Waals surface area contributed by atoms with Gasteiger partial charge in [-0.05, 0) is 25.1 Å². The quantitative estimate of drug-likeness (QED) is 0.681. The molecule has 1 saturated heterocycles. The van der Waals surface area contributed by atoms with Crippen molar-refractivity contribution in [1.29, 1.82) is 0 Å². The second-order valence-corrected chi connectivity index (χ2v) is 8.50. The lowest BCUT2D eigenvalue weighted by atomic mass is 9.96. The molecule has 0 aliphatic carbocycles. The minimum atomic E-state index is -0.142. The first kappa shape index (κ1) is 18.4. The van der Waals surface area contributed by atoms with Crippen molar-refractivity contribution < 1.29 is 4.79 Å². The third kappa shape index (κ3) is 3.00. The van der Waals surface area contributed by atoms with Gasteiger partial charge in [-0.25, -0.2) is 0 Å². The predicted octanol–water partition coefficient (Wildman–Crippen LogP) is 1.42. The zero-order chi connectivity index (χ0) is 20.2. The first-order valence-corrected chi connectivity index (χ1v) is 9.41. The van der Waals surface area contributed by atoms with E-state index in [2.05, 4.69) is 41.0 Å².